The minimum Gasteiger partial charge on any atom is -0.363 e. The van der Waals surface area contributed by atoms with Crippen LogP contribution in [0.25, 0.3) is 5.57 Å². The van der Waals surface area contributed by atoms with Gasteiger partial charge in [-0.1, -0.05) is 6.08 Å². The van der Waals surface area contributed by atoms with E-state index in [0.29, 0.717) is 11.1 Å². The normalized spacial score (nSPS) is 19.5. The number of alkyl halides is 1. The van der Waals surface area contributed by atoms with Crippen LogP contribution in [0.4, 0.5) is 14.6 Å². The molecule has 1 heterocycles. The summed E-state index contributed by atoms with van der Waals surface area (Å²) in [6.45, 7) is 3.43. The number of anilines is 1. The molecular formula is C15H18F2N2. The predicted octanol–water partition coefficient (Wildman–Crippen LogP) is 3.82. The second-order valence-corrected chi connectivity index (χ2v) is 5.08. The van der Waals surface area contributed by atoms with Crippen LogP contribution >= 0.6 is 0 Å². The van der Waals surface area contributed by atoms with E-state index in [4.69, 9.17) is 0 Å². The monoisotopic (exact) mass is 264 g/mol. The number of aromatic nitrogens is 1. The van der Waals surface area contributed by atoms with Crippen molar-refractivity contribution in [3.8, 4) is 0 Å². The van der Waals surface area contributed by atoms with Crippen LogP contribution in [0.1, 0.15) is 24.5 Å². The standard InChI is InChI=1S/C15H18F2N2/c1-9-7-11(8-18-15(9)19(3)4)12-5-6-13(16)10(2)14(12)17/h5,7-8,13H,6H2,1-4H3. The predicted molar refractivity (Wildman–Crippen MR) is 74.6 cm³/mol. The minimum atomic E-state index is -1.21. The van der Waals surface area contributed by atoms with E-state index in [1.165, 1.54) is 6.92 Å². The second kappa shape index (κ2) is 5.11. The van der Waals surface area contributed by atoms with Crippen molar-refractivity contribution in [2.75, 3.05) is 19.0 Å². The van der Waals surface area contributed by atoms with Crippen LogP contribution in [0.5, 0.6) is 0 Å². The first-order valence-electron chi connectivity index (χ1n) is 6.27. The number of nitrogens with zero attached hydrogens (tertiary/aromatic N) is 2. The summed E-state index contributed by atoms with van der Waals surface area (Å²) >= 11 is 0. The van der Waals surface area contributed by atoms with E-state index in [0.717, 1.165) is 11.4 Å². The van der Waals surface area contributed by atoms with Gasteiger partial charge in [-0.05, 0) is 31.1 Å². The van der Waals surface area contributed by atoms with Gasteiger partial charge in [-0.3, -0.25) is 0 Å². The quantitative estimate of drug-likeness (QED) is 0.807. The van der Waals surface area contributed by atoms with Gasteiger partial charge in [0.15, 0.2) is 0 Å². The minimum absolute atomic E-state index is 0.173. The molecule has 1 aliphatic carbocycles. The van der Waals surface area contributed by atoms with Crippen molar-refractivity contribution in [2.45, 2.75) is 26.4 Å². The summed E-state index contributed by atoms with van der Waals surface area (Å²) in [4.78, 5) is 6.24. The van der Waals surface area contributed by atoms with Gasteiger partial charge in [0.05, 0.1) is 0 Å². The Bertz CT molecular complexity index is 559. The Morgan fingerprint density at radius 2 is 2.00 bits per heavy atom. The fourth-order valence-corrected chi connectivity index (χ4v) is 2.27. The number of pyridine rings is 1. The average molecular weight is 264 g/mol. The van der Waals surface area contributed by atoms with Crippen molar-refractivity contribution in [3.05, 3.63) is 40.9 Å². The van der Waals surface area contributed by atoms with E-state index in [1.54, 1.807) is 12.3 Å². The zero-order valence-electron chi connectivity index (χ0n) is 11.7. The van der Waals surface area contributed by atoms with Gasteiger partial charge in [-0.2, -0.15) is 0 Å². The molecule has 0 amide bonds. The maximum Gasteiger partial charge on any atom is 0.132 e. The second-order valence-electron chi connectivity index (χ2n) is 5.08. The van der Waals surface area contributed by atoms with Crippen molar-refractivity contribution in [1.82, 2.24) is 4.98 Å². The number of hydrogen-bond donors (Lipinski definition) is 0. The van der Waals surface area contributed by atoms with Crippen molar-refractivity contribution in [1.29, 1.82) is 0 Å². The van der Waals surface area contributed by atoms with Crippen molar-refractivity contribution < 1.29 is 8.78 Å². The summed E-state index contributed by atoms with van der Waals surface area (Å²) in [7, 11) is 3.82. The van der Waals surface area contributed by atoms with Gasteiger partial charge in [0.25, 0.3) is 0 Å². The maximum atomic E-state index is 14.1. The maximum absolute atomic E-state index is 14.1. The Morgan fingerprint density at radius 1 is 1.32 bits per heavy atom. The molecule has 1 aliphatic rings. The SMILES string of the molecule is CC1=C(F)C(c2cnc(N(C)C)c(C)c2)=CCC1F. The molecule has 2 rings (SSSR count). The molecule has 19 heavy (non-hydrogen) atoms. The molecular weight excluding hydrogens is 246 g/mol. The third-order valence-electron chi connectivity index (χ3n) is 3.37. The van der Waals surface area contributed by atoms with E-state index < -0.39 is 12.0 Å². The third-order valence-corrected chi connectivity index (χ3v) is 3.37. The largest absolute Gasteiger partial charge is 0.363 e. The van der Waals surface area contributed by atoms with Crippen LogP contribution in [0.2, 0.25) is 0 Å². The number of aryl methyl sites for hydroxylation is 1. The molecule has 1 atom stereocenters. The third kappa shape index (κ3) is 2.53. The van der Waals surface area contributed by atoms with Gasteiger partial charge in [-0.15, -0.1) is 0 Å². The Hall–Kier alpha value is -1.71. The van der Waals surface area contributed by atoms with Gasteiger partial charge in [0.1, 0.15) is 17.8 Å². The topological polar surface area (TPSA) is 16.1 Å². The van der Waals surface area contributed by atoms with E-state index >= 15 is 0 Å². The van der Waals surface area contributed by atoms with Crippen LogP contribution in [-0.2, 0) is 0 Å². The van der Waals surface area contributed by atoms with E-state index in [2.05, 4.69) is 4.98 Å². The van der Waals surface area contributed by atoms with E-state index in [1.807, 2.05) is 32.0 Å². The molecule has 1 unspecified atom stereocenters. The first-order valence-corrected chi connectivity index (χ1v) is 6.27. The average Bonchev–Trinajstić information content (AvgIpc) is 2.35. The summed E-state index contributed by atoms with van der Waals surface area (Å²) in [5.74, 6) is 0.391. The van der Waals surface area contributed by atoms with Crippen LogP contribution in [0.15, 0.2) is 29.7 Å². The van der Waals surface area contributed by atoms with Crippen LogP contribution in [0.3, 0.4) is 0 Å². The summed E-state index contributed by atoms with van der Waals surface area (Å²) in [6, 6.07) is 1.89. The molecule has 0 saturated heterocycles. The molecule has 0 aromatic carbocycles. The molecule has 102 valence electrons. The molecule has 0 aliphatic heterocycles. The molecule has 1 aromatic rings. The van der Waals surface area contributed by atoms with Gasteiger partial charge < -0.3 is 4.90 Å². The number of halogens is 2. The molecule has 0 bridgehead atoms. The molecule has 0 radical (unpaired) electrons. The Balaban J connectivity index is 2.42. The number of hydrogen-bond acceptors (Lipinski definition) is 2. The smallest absolute Gasteiger partial charge is 0.132 e. The Kier molecular flexibility index (Phi) is 3.69. The van der Waals surface area contributed by atoms with Crippen LogP contribution in [0, 0.1) is 6.92 Å². The van der Waals surface area contributed by atoms with Gasteiger partial charge >= 0.3 is 0 Å². The van der Waals surface area contributed by atoms with Crippen molar-refractivity contribution in [3.63, 3.8) is 0 Å². The first-order chi connectivity index (χ1) is 8.91. The Labute approximate surface area is 112 Å². The zero-order chi connectivity index (χ0) is 14.2. The zero-order valence-corrected chi connectivity index (χ0v) is 11.7. The molecule has 4 heteroatoms. The van der Waals surface area contributed by atoms with Crippen molar-refractivity contribution >= 4 is 11.4 Å². The van der Waals surface area contributed by atoms with Crippen LogP contribution < -0.4 is 4.90 Å². The van der Waals surface area contributed by atoms with E-state index in [9.17, 15) is 8.78 Å². The lowest BCUT2D eigenvalue weighted by molar-refractivity contribution is 0.373. The highest BCUT2D eigenvalue weighted by Gasteiger charge is 2.22. The first kappa shape index (κ1) is 13.7. The lowest BCUT2D eigenvalue weighted by Gasteiger charge is -2.19. The highest BCUT2D eigenvalue weighted by atomic mass is 19.1. The summed E-state index contributed by atoms with van der Waals surface area (Å²) in [6.07, 6.45) is 2.26. The Morgan fingerprint density at radius 3 is 2.58 bits per heavy atom. The van der Waals surface area contributed by atoms with E-state index in [-0.39, 0.29) is 12.0 Å². The van der Waals surface area contributed by atoms with Gasteiger partial charge in [-0.25, -0.2) is 13.8 Å². The fraction of sp³-hybridized carbons (Fsp3) is 0.400. The molecule has 0 saturated carbocycles. The lowest BCUT2D eigenvalue weighted by atomic mass is 9.93. The number of allylic oxidation sites excluding steroid dienone is 4. The molecule has 2 nitrogen and oxygen atoms in total. The number of rotatable bonds is 2. The van der Waals surface area contributed by atoms with Crippen molar-refractivity contribution in [2.24, 2.45) is 0 Å². The van der Waals surface area contributed by atoms with Crippen LogP contribution in [-0.4, -0.2) is 25.3 Å². The highest BCUT2D eigenvalue weighted by molar-refractivity contribution is 5.79. The lowest BCUT2D eigenvalue weighted by Crippen LogP contribution is -2.13. The summed E-state index contributed by atoms with van der Waals surface area (Å²) < 4.78 is 27.5. The molecule has 0 spiro atoms. The molecule has 1 aromatic heterocycles. The van der Waals surface area contributed by atoms with Gasteiger partial charge in [0, 0.05) is 37.8 Å². The summed E-state index contributed by atoms with van der Waals surface area (Å²) in [5, 5.41) is 0. The highest BCUT2D eigenvalue weighted by Crippen LogP contribution is 2.35. The molecule has 0 N–H and O–H groups in total. The van der Waals surface area contributed by atoms with Gasteiger partial charge in [0.2, 0.25) is 0 Å². The summed E-state index contributed by atoms with van der Waals surface area (Å²) in [5.41, 5.74) is 2.29. The molecule has 0 fully saturated rings. The fourth-order valence-electron chi connectivity index (χ4n) is 2.27.